The van der Waals surface area contributed by atoms with Crippen LogP contribution in [0.3, 0.4) is 0 Å². The maximum atomic E-state index is 13.4. The first-order valence-corrected chi connectivity index (χ1v) is 7.17. The average molecular weight is 344 g/mol. The van der Waals surface area contributed by atoms with Crippen molar-refractivity contribution >= 4 is 27.8 Å². The fourth-order valence-electron chi connectivity index (χ4n) is 2.40. The van der Waals surface area contributed by atoms with E-state index in [1.54, 1.807) is 6.07 Å². The van der Waals surface area contributed by atoms with Crippen molar-refractivity contribution in [3.05, 3.63) is 34.1 Å². The summed E-state index contributed by atoms with van der Waals surface area (Å²) >= 11 is 3.16. The standard InChI is InChI=1S/C14H15BrFNO3/c1-20-14(19)12-4-2-3-5-17(12)13(18)9-6-10(15)8-11(16)7-9/h6-8,12H,2-5H2,1H3. The molecule has 0 aliphatic carbocycles. The molecule has 1 aliphatic rings. The molecule has 108 valence electrons. The molecule has 4 nitrogen and oxygen atoms in total. The highest BCUT2D eigenvalue weighted by Crippen LogP contribution is 2.22. The van der Waals surface area contributed by atoms with Crippen LogP contribution in [0.25, 0.3) is 0 Å². The Labute approximate surface area is 125 Å². The first-order valence-electron chi connectivity index (χ1n) is 6.38. The SMILES string of the molecule is COC(=O)C1CCCCN1C(=O)c1cc(F)cc(Br)c1. The van der Waals surface area contributed by atoms with Crippen LogP contribution >= 0.6 is 15.9 Å². The number of benzene rings is 1. The van der Waals surface area contributed by atoms with Crippen LogP contribution in [0.15, 0.2) is 22.7 Å². The van der Waals surface area contributed by atoms with Crippen LogP contribution in [0, 0.1) is 5.82 Å². The molecular formula is C14H15BrFNO3. The molecule has 6 heteroatoms. The molecule has 1 aromatic rings. The van der Waals surface area contributed by atoms with Crippen molar-refractivity contribution in [1.29, 1.82) is 0 Å². The lowest BCUT2D eigenvalue weighted by molar-refractivity contribution is -0.147. The van der Waals surface area contributed by atoms with E-state index in [-0.39, 0.29) is 11.5 Å². The number of ether oxygens (including phenoxy) is 1. The summed E-state index contributed by atoms with van der Waals surface area (Å²) in [5.74, 6) is -1.26. The van der Waals surface area contributed by atoms with E-state index in [9.17, 15) is 14.0 Å². The van der Waals surface area contributed by atoms with Crippen molar-refractivity contribution in [3.63, 3.8) is 0 Å². The summed E-state index contributed by atoms with van der Waals surface area (Å²) in [6, 6.07) is 3.43. The number of amides is 1. The summed E-state index contributed by atoms with van der Waals surface area (Å²) in [5.41, 5.74) is 0.229. The van der Waals surface area contributed by atoms with Gasteiger partial charge in [-0.3, -0.25) is 4.79 Å². The smallest absolute Gasteiger partial charge is 0.328 e. The second-order valence-corrected chi connectivity index (χ2v) is 5.61. The maximum Gasteiger partial charge on any atom is 0.328 e. The lowest BCUT2D eigenvalue weighted by atomic mass is 10.0. The van der Waals surface area contributed by atoms with Crippen LogP contribution in [0.2, 0.25) is 0 Å². The van der Waals surface area contributed by atoms with E-state index < -0.39 is 17.8 Å². The first-order chi connectivity index (χ1) is 9.52. The van der Waals surface area contributed by atoms with Crippen LogP contribution in [0.5, 0.6) is 0 Å². The number of methoxy groups -OCH3 is 1. The Balaban J connectivity index is 2.27. The van der Waals surface area contributed by atoms with Gasteiger partial charge in [0.2, 0.25) is 0 Å². The third kappa shape index (κ3) is 3.17. The van der Waals surface area contributed by atoms with Gasteiger partial charge in [-0.1, -0.05) is 15.9 Å². The third-order valence-electron chi connectivity index (χ3n) is 3.35. The molecule has 2 rings (SSSR count). The van der Waals surface area contributed by atoms with Crippen molar-refractivity contribution in [3.8, 4) is 0 Å². The second kappa shape index (κ2) is 6.35. The van der Waals surface area contributed by atoms with Gasteiger partial charge in [0, 0.05) is 16.6 Å². The van der Waals surface area contributed by atoms with Gasteiger partial charge in [0.1, 0.15) is 11.9 Å². The minimum atomic E-state index is -0.580. The Bertz CT molecular complexity index is 515. The number of carbonyl (C=O) groups is 2. The minimum Gasteiger partial charge on any atom is -0.467 e. The number of halogens is 2. The fraction of sp³-hybridized carbons (Fsp3) is 0.429. The molecule has 1 aromatic carbocycles. The van der Waals surface area contributed by atoms with Gasteiger partial charge in [0.15, 0.2) is 0 Å². The van der Waals surface area contributed by atoms with Gasteiger partial charge in [-0.05, 0) is 37.5 Å². The average Bonchev–Trinajstić information content (AvgIpc) is 2.44. The summed E-state index contributed by atoms with van der Waals surface area (Å²) < 4.78 is 18.6. The van der Waals surface area contributed by atoms with Gasteiger partial charge in [0.05, 0.1) is 7.11 Å². The van der Waals surface area contributed by atoms with Crippen molar-refractivity contribution in [1.82, 2.24) is 4.90 Å². The quantitative estimate of drug-likeness (QED) is 0.775. The topological polar surface area (TPSA) is 46.6 Å². The summed E-state index contributed by atoms with van der Waals surface area (Å²) in [7, 11) is 1.30. The highest BCUT2D eigenvalue weighted by molar-refractivity contribution is 9.10. The van der Waals surface area contributed by atoms with Crippen LogP contribution in [-0.4, -0.2) is 36.5 Å². The van der Waals surface area contributed by atoms with Gasteiger partial charge in [-0.2, -0.15) is 0 Å². The van der Waals surface area contributed by atoms with Gasteiger partial charge in [-0.15, -0.1) is 0 Å². The van der Waals surface area contributed by atoms with Crippen molar-refractivity contribution < 1.29 is 18.7 Å². The van der Waals surface area contributed by atoms with Crippen LogP contribution < -0.4 is 0 Å². The van der Waals surface area contributed by atoms with Crippen molar-refractivity contribution in [2.75, 3.05) is 13.7 Å². The van der Waals surface area contributed by atoms with Crippen LogP contribution in [0.1, 0.15) is 29.6 Å². The van der Waals surface area contributed by atoms with E-state index >= 15 is 0 Å². The number of rotatable bonds is 2. The van der Waals surface area contributed by atoms with Gasteiger partial charge < -0.3 is 9.64 Å². The molecule has 1 unspecified atom stereocenters. The Morgan fingerprint density at radius 1 is 1.35 bits per heavy atom. The number of hydrogen-bond donors (Lipinski definition) is 0. The summed E-state index contributed by atoms with van der Waals surface area (Å²) in [5, 5.41) is 0. The zero-order valence-electron chi connectivity index (χ0n) is 11.1. The van der Waals surface area contributed by atoms with Crippen LogP contribution in [0.4, 0.5) is 4.39 Å². The molecule has 0 radical (unpaired) electrons. The molecule has 1 atom stereocenters. The lowest BCUT2D eigenvalue weighted by Gasteiger charge is -2.33. The number of esters is 1. The van der Waals surface area contributed by atoms with E-state index in [0.29, 0.717) is 17.4 Å². The number of carbonyl (C=O) groups excluding carboxylic acids is 2. The Morgan fingerprint density at radius 3 is 2.75 bits per heavy atom. The largest absolute Gasteiger partial charge is 0.467 e. The normalized spacial score (nSPS) is 18.8. The van der Waals surface area contributed by atoms with E-state index in [4.69, 9.17) is 4.74 Å². The molecule has 1 fully saturated rings. The van der Waals surface area contributed by atoms with E-state index in [0.717, 1.165) is 12.8 Å². The first kappa shape index (κ1) is 15.0. The zero-order chi connectivity index (χ0) is 14.7. The number of likely N-dealkylation sites (tertiary alicyclic amines) is 1. The molecule has 0 saturated carbocycles. The lowest BCUT2D eigenvalue weighted by Crippen LogP contribution is -2.48. The van der Waals surface area contributed by atoms with Gasteiger partial charge >= 0.3 is 5.97 Å². The summed E-state index contributed by atoms with van der Waals surface area (Å²) in [6.45, 7) is 0.479. The Kier molecular flexibility index (Phi) is 4.75. The molecule has 1 amide bonds. The second-order valence-electron chi connectivity index (χ2n) is 4.69. The molecule has 0 bridgehead atoms. The third-order valence-corrected chi connectivity index (χ3v) is 3.80. The van der Waals surface area contributed by atoms with Crippen LogP contribution in [-0.2, 0) is 9.53 Å². The Morgan fingerprint density at radius 2 is 2.10 bits per heavy atom. The van der Waals surface area contributed by atoms with E-state index in [2.05, 4.69) is 15.9 Å². The molecule has 1 aliphatic heterocycles. The number of piperidine rings is 1. The zero-order valence-corrected chi connectivity index (χ0v) is 12.7. The Hall–Kier alpha value is -1.43. The number of hydrogen-bond acceptors (Lipinski definition) is 3. The fourth-order valence-corrected chi connectivity index (χ4v) is 2.86. The molecule has 1 saturated heterocycles. The molecule has 1 heterocycles. The van der Waals surface area contributed by atoms with E-state index in [1.807, 2.05) is 0 Å². The molecule has 0 aromatic heterocycles. The maximum absolute atomic E-state index is 13.4. The predicted molar refractivity (Wildman–Crippen MR) is 74.8 cm³/mol. The highest BCUT2D eigenvalue weighted by atomic mass is 79.9. The van der Waals surface area contributed by atoms with Gasteiger partial charge in [0.25, 0.3) is 5.91 Å². The molecule has 0 N–H and O–H groups in total. The van der Waals surface area contributed by atoms with Gasteiger partial charge in [-0.25, -0.2) is 9.18 Å². The highest BCUT2D eigenvalue weighted by Gasteiger charge is 2.33. The predicted octanol–water partition coefficient (Wildman–Crippen LogP) is 2.76. The monoisotopic (exact) mass is 343 g/mol. The summed E-state index contributed by atoms with van der Waals surface area (Å²) in [4.78, 5) is 25.7. The number of nitrogens with zero attached hydrogens (tertiary/aromatic N) is 1. The molecular weight excluding hydrogens is 329 g/mol. The van der Waals surface area contributed by atoms with E-state index in [1.165, 1.54) is 24.1 Å². The minimum absolute atomic E-state index is 0.229. The molecule has 20 heavy (non-hydrogen) atoms. The van der Waals surface area contributed by atoms with Crippen molar-refractivity contribution in [2.45, 2.75) is 25.3 Å². The van der Waals surface area contributed by atoms with Crippen molar-refractivity contribution in [2.24, 2.45) is 0 Å². The summed E-state index contributed by atoms with van der Waals surface area (Å²) in [6.07, 6.45) is 2.28. The molecule has 0 spiro atoms.